The largest absolute Gasteiger partial charge is 0.388 e. The number of hydrogen-bond acceptors (Lipinski definition) is 5. The third kappa shape index (κ3) is 3.41. The molecule has 1 fully saturated rings. The van der Waals surface area contributed by atoms with Gasteiger partial charge in [-0.25, -0.2) is 0 Å². The van der Waals surface area contributed by atoms with E-state index in [4.69, 9.17) is 4.74 Å². The van der Waals surface area contributed by atoms with Crippen molar-refractivity contribution in [2.24, 2.45) is 0 Å². The van der Waals surface area contributed by atoms with Crippen LogP contribution in [0.15, 0.2) is 24.5 Å². The number of morpholine rings is 1. The molecule has 3 rings (SSSR count). The van der Waals surface area contributed by atoms with Crippen molar-refractivity contribution in [3.63, 3.8) is 0 Å². The maximum atomic E-state index is 12.7. The molecule has 2 aromatic heterocycles. The molecule has 0 bridgehead atoms. The zero-order valence-corrected chi connectivity index (χ0v) is 14.3. The fourth-order valence-corrected chi connectivity index (χ4v) is 2.85. The molecule has 7 heteroatoms. The number of rotatable bonds is 4. The molecule has 128 valence electrons. The van der Waals surface area contributed by atoms with Crippen LogP contribution in [0.1, 0.15) is 34.8 Å². The van der Waals surface area contributed by atoms with E-state index in [2.05, 4.69) is 15.4 Å². The van der Waals surface area contributed by atoms with Gasteiger partial charge in [-0.3, -0.25) is 14.5 Å². The van der Waals surface area contributed by atoms with E-state index in [1.165, 1.54) is 0 Å². The third-order valence-corrected chi connectivity index (χ3v) is 4.15. The van der Waals surface area contributed by atoms with Gasteiger partial charge in [0.2, 0.25) is 0 Å². The van der Waals surface area contributed by atoms with Crippen molar-refractivity contribution in [3.8, 4) is 0 Å². The second-order valence-electron chi connectivity index (χ2n) is 5.87. The zero-order chi connectivity index (χ0) is 17.1. The number of aryl methyl sites for hydroxylation is 2. The van der Waals surface area contributed by atoms with E-state index in [-0.39, 0.29) is 12.0 Å². The quantitative estimate of drug-likeness (QED) is 0.927. The Bertz CT molecular complexity index is 728. The summed E-state index contributed by atoms with van der Waals surface area (Å²) in [4.78, 5) is 19.1. The Morgan fingerprint density at radius 3 is 3.00 bits per heavy atom. The van der Waals surface area contributed by atoms with Crippen LogP contribution >= 0.6 is 0 Å². The first kappa shape index (κ1) is 16.4. The summed E-state index contributed by atoms with van der Waals surface area (Å²) in [5, 5.41) is 7.31. The molecule has 1 N–H and O–H groups in total. The lowest BCUT2D eigenvalue weighted by atomic mass is 10.1. The van der Waals surface area contributed by atoms with E-state index in [0.29, 0.717) is 25.3 Å². The summed E-state index contributed by atoms with van der Waals surface area (Å²) in [6.45, 7) is 6.28. The summed E-state index contributed by atoms with van der Waals surface area (Å²) < 4.78 is 7.61. The summed E-state index contributed by atoms with van der Waals surface area (Å²) in [5.41, 5.74) is 3.38. The smallest absolute Gasteiger partial charge is 0.257 e. The predicted octanol–water partition coefficient (Wildman–Crippen LogP) is 1.86. The molecule has 0 spiro atoms. The number of carbonyl (C=O) groups is 1. The highest BCUT2D eigenvalue weighted by Gasteiger charge is 2.28. The number of hydrogen-bond donors (Lipinski definition) is 1. The number of aromatic nitrogens is 3. The monoisotopic (exact) mass is 329 g/mol. The Kier molecular flexibility index (Phi) is 4.80. The van der Waals surface area contributed by atoms with Crippen molar-refractivity contribution >= 4 is 11.6 Å². The van der Waals surface area contributed by atoms with Crippen molar-refractivity contribution in [3.05, 3.63) is 41.5 Å². The molecule has 1 unspecified atom stereocenters. The number of anilines is 1. The highest BCUT2D eigenvalue weighted by Crippen LogP contribution is 2.24. The Hall–Kier alpha value is -2.41. The lowest BCUT2D eigenvalue weighted by molar-refractivity contribution is -0.0247. The average molecular weight is 329 g/mol. The summed E-state index contributed by atoms with van der Waals surface area (Å²) >= 11 is 0. The molecule has 0 radical (unpaired) electrons. The average Bonchev–Trinajstić information content (AvgIpc) is 3.09. The van der Waals surface area contributed by atoms with Crippen LogP contribution in [0, 0.1) is 6.92 Å². The molecule has 0 saturated carbocycles. The van der Waals surface area contributed by atoms with Crippen LogP contribution in [0.5, 0.6) is 0 Å². The van der Waals surface area contributed by atoms with Crippen molar-refractivity contribution in [1.29, 1.82) is 0 Å². The minimum atomic E-state index is -0.212. The van der Waals surface area contributed by atoms with Gasteiger partial charge < -0.3 is 15.0 Å². The fourth-order valence-electron chi connectivity index (χ4n) is 2.85. The van der Waals surface area contributed by atoms with Crippen LogP contribution in [-0.2, 0) is 11.3 Å². The normalized spacial score (nSPS) is 17.8. The van der Waals surface area contributed by atoms with Gasteiger partial charge in [0.1, 0.15) is 6.10 Å². The topological polar surface area (TPSA) is 72.3 Å². The predicted molar refractivity (Wildman–Crippen MR) is 91.0 cm³/mol. The molecule has 1 aliphatic rings. The van der Waals surface area contributed by atoms with E-state index in [1.807, 2.05) is 37.9 Å². The molecule has 0 aliphatic carbocycles. The summed E-state index contributed by atoms with van der Waals surface area (Å²) in [6, 6.07) is 3.95. The van der Waals surface area contributed by atoms with Gasteiger partial charge in [0.25, 0.3) is 5.91 Å². The van der Waals surface area contributed by atoms with Gasteiger partial charge in [-0.1, -0.05) is 0 Å². The van der Waals surface area contributed by atoms with Gasteiger partial charge in [0.05, 0.1) is 30.6 Å². The van der Waals surface area contributed by atoms with E-state index in [9.17, 15) is 4.79 Å². The maximum absolute atomic E-state index is 12.7. The molecule has 1 saturated heterocycles. The standard InChI is InChI=1S/C17H23N5O2/c1-4-22-10-13(9-19-22)17(23)21-5-6-24-16(11-21)15-8-14(18-3)7-12(2)20-15/h7-10,16H,4-6,11H2,1-3H3,(H,18,20). The first-order valence-corrected chi connectivity index (χ1v) is 8.20. The van der Waals surface area contributed by atoms with E-state index < -0.39 is 0 Å². The Morgan fingerprint density at radius 1 is 1.46 bits per heavy atom. The molecular weight excluding hydrogens is 306 g/mol. The van der Waals surface area contributed by atoms with Crippen molar-refractivity contribution in [2.45, 2.75) is 26.5 Å². The zero-order valence-electron chi connectivity index (χ0n) is 14.3. The second kappa shape index (κ2) is 7.00. The first-order chi connectivity index (χ1) is 11.6. The maximum Gasteiger partial charge on any atom is 0.257 e. The minimum absolute atomic E-state index is 0.00973. The van der Waals surface area contributed by atoms with Crippen LogP contribution in [0.3, 0.4) is 0 Å². The van der Waals surface area contributed by atoms with Gasteiger partial charge in [0, 0.05) is 37.7 Å². The highest BCUT2D eigenvalue weighted by atomic mass is 16.5. The molecule has 1 amide bonds. The minimum Gasteiger partial charge on any atom is -0.388 e. The van der Waals surface area contributed by atoms with Gasteiger partial charge in [-0.15, -0.1) is 0 Å². The van der Waals surface area contributed by atoms with Crippen molar-refractivity contribution < 1.29 is 9.53 Å². The van der Waals surface area contributed by atoms with Gasteiger partial charge >= 0.3 is 0 Å². The Morgan fingerprint density at radius 2 is 2.29 bits per heavy atom. The fraction of sp³-hybridized carbons (Fsp3) is 0.471. The van der Waals surface area contributed by atoms with E-state index in [1.54, 1.807) is 17.1 Å². The van der Waals surface area contributed by atoms with E-state index in [0.717, 1.165) is 23.6 Å². The van der Waals surface area contributed by atoms with Gasteiger partial charge in [-0.2, -0.15) is 5.10 Å². The summed E-state index contributed by atoms with van der Waals surface area (Å²) in [7, 11) is 1.88. The number of amides is 1. The van der Waals surface area contributed by atoms with Crippen molar-refractivity contribution in [1.82, 2.24) is 19.7 Å². The SMILES string of the molecule is CCn1cc(C(=O)N2CCOC(c3cc(NC)cc(C)n3)C2)cn1. The van der Waals surface area contributed by atoms with Gasteiger partial charge in [0.15, 0.2) is 0 Å². The lowest BCUT2D eigenvalue weighted by Gasteiger charge is -2.32. The van der Waals surface area contributed by atoms with Crippen LogP contribution < -0.4 is 5.32 Å². The Balaban J connectivity index is 1.76. The molecule has 1 aliphatic heterocycles. The van der Waals surface area contributed by atoms with Crippen molar-refractivity contribution in [2.75, 3.05) is 32.1 Å². The lowest BCUT2D eigenvalue weighted by Crippen LogP contribution is -2.42. The second-order valence-corrected chi connectivity index (χ2v) is 5.87. The molecule has 2 aromatic rings. The molecule has 3 heterocycles. The summed E-state index contributed by atoms with van der Waals surface area (Å²) in [6.07, 6.45) is 3.20. The number of carbonyl (C=O) groups excluding carboxylic acids is 1. The van der Waals surface area contributed by atoms with E-state index >= 15 is 0 Å². The van der Waals surface area contributed by atoms with Crippen LogP contribution in [-0.4, -0.2) is 52.3 Å². The molecule has 24 heavy (non-hydrogen) atoms. The Labute approximate surface area is 141 Å². The molecule has 7 nitrogen and oxygen atoms in total. The van der Waals surface area contributed by atoms with Crippen LogP contribution in [0.4, 0.5) is 5.69 Å². The third-order valence-electron chi connectivity index (χ3n) is 4.15. The number of pyridine rings is 1. The molecular formula is C17H23N5O2. The van der Waals surface area contributed by atoms with Crippen LogP contribution in [0.2, 0.25) is 0 Å². The molecule has 0 aromatic carbocycles. The summed E-state index contributed by atoms with van der Waals surface area (Å²) in [5.74, 6) is -0.00973. The molecule has 1 atom stereocenters. The number of ether oxygens (including phenoxy) is 1. The number of nitrogens with one attached hydrogen (secondary N) is 1. The van der Waals surface area contributed by atoms with Gasteiger partial charge in [-0.05, 0) is 26.0 Å². The number of nitrogens with zero attached hydrogens (tertiary/aromatic N) is 4. The first-order valence-electron chi connectivity index (χ1n) is 8.20. The van der Waals surface area contributed by atoms with Crippen LogP contribution in [0.25, 0.3) is 0 Å². The highest BCUT2D eigenvalue weighted by molar-refractivity contribution is 5.93.